The second-order valence-electron chi connectivity index (χ2n) is 4.74. The molecule has 0 radical (unpaired) electrons. The van der Waals surface area contributed by atoms with E-state index in [4.69, 9.17) is 21.9 Å². The molecule has 0 unspecified atom stereocenters. The summed E-state index contributed by atoms with van der Waals surface area (Å²) in [7, 11) is 1.58. The highest BCUT2D eigenvalue weighted by molar-refractivity contribution is 6.05. The van der Waals surface area contributed by atoms with Crippen molar-refractivity contribution in [2.75, 3.05) is 12.4 Å². The van der Waals surface area contributed by atoms with E-state index in [9.17, 15) is 4.79 Å². The van der Waals surface area contributed by atoms with Crippen molar-refractivity contribution in [2.45, 2.75) is 0 Å². The Morgan fingerprint density at radius 3 is 2.42 bits per heavy atom. The van der Waals surface area contributed by atoms with Crippen molar-refractivity contribution in [3.63, 3.8) is 0 Å². The third-order valence-corrected chi connectivity index (χ3v) is 2.94. The van der Waals surface area contributed by atoms with Gasteiger partial charge in [0.05, 0.1) is 12.8 Å². The molecule has 0 bridgehead atoms. The molecule has 0 atom stereocenters. The van der Waals surface area contributed by atoms with Crippen molar-refractivity contribution >= 4 is 29.2 Å². The number of hydrogen-bond acceptors (Lipinski definition) is 3. The van der Waals surface area contributed by atoms with Gasteiger partial charge in [0.1, 0.15) is 5.75 Å². The summed E-state index contributed by atoms with van der Waals surface area (Å²) < 4.78 is 5.07. The van der Waals surface area contributed by atoms with Crippen molar-refractivity contribution in [2.24, 2.45) is 27.2 Å². The monoisotopic (exact) mass is 326 g/mol. The molecule has 0 aliphatic heterocycles. The van der Waals surface area contributed by atoms with Gasteiger partial charge in [-0.3, -0.25) is 4.79 Å². The Balaban J connectivity index is 2.15. The van der Waals surface area contributed by atoms with E-state index in [1.54, 1.807) is 55.6 Å². The maximum Gasteiger partial charge on any atom is 0.255 e. The van der Waals surface area contributed by atoms with Crippen LogP contribution in [0.3, 0.4) is 0 Å². The summed E-state index contributed by atoms with van der Waals surface area (Å²) in [5.74, 6) is 0.143. The zero-order valence-electron chi connectivity index (χ0n) is 13.1. The summed E-state index contributed by atoms with van der Waals surface area (Å²) in [6, 6.07) is 13.6. The van der Waals surface area contributed by atoms with Gasteiger partial charge in [-0.25, -0.2) is 4.99 Å². The number of rotatable bonds is 4. The second kappa shape index (κ2) is 7.63. The van der Waals surface area contributed by atoms with Crippen LogP contribution in [0.15, 0.2) is 58.5 Å². The molecule has 0 aliphatic rings. The number of benzene rings is 2. The topological polar surface area (TPSA) is 141 Å². The lowest BCUT2D eigenvalue weighted by molar-refractivity contribution is 0.102. The first-order valence-electron chi connectivity index (χ1n) is 6.97. The van der Waals surface area contributed by atoms with Gasteiger partial charge in [-0.05, 0) is 42.5 Å². The molecule has 0 aromatic heterocycles. The minimum atomic E-state index is -0.280. The van der Waals surface area contributed by atoms with Crippen LogP contribution in [-0.4, -0.2) is 24.9 Å². The minimum Gasteiger partial charge on any atom is -0.497 e. The lowest BCUT2D eigenvalue weighted by Gasteiger charge is -2.07. The van der Waals surface area contributed by atoms with Crippen LogP contribution < -0.4 is 27.3 Å². The Kier molecular flexibility index (Phi) is 5.35. The van der Waals surface area contributed by atoms with Crippen LogP contribution in [0, 0.1) is 0 Å². The Morgan fingerprint density at radius 2 is 1.79 bits per heavy atom. The van der Waals surface area contributed by atoms with E-state index in [1.165, 1.54) is 0 Å². The molecule has 8 heteroatoms. The van der Waals surface area contributed by atoms with Gasteiger partial charge in [-0.2, -0.15) is 4.99 Å². The molecule has 2 aromatic rings. The van der Waals surface area contributed by atoms with Gasteiger partial charge in [0.15, 0.2) is 5.96 Å². The van der Waals surface area contributed by atoms with Crippen molar-refractivity contribution in [3.05, 3.63) is 54.1 Å². The number of hydrogen-bond donors (Lipinski definition) is 4. The van der Waals surface area contributed by atoms with Crippen LogP contribution in [-0.2, 0) is 0 Å². The number of anilines is 1. The van der Waals surface area contributed by atoms with E-state index >= 15 is 0 Å². The summed E-state index contributed by atoms with van der Waals surface area (Å²) >= 11 is 0. The number of nitrogens with two attached hydrogens (primary N) is 3. The molecule has 0 saturated heterocycles. The first-order chi connectivity index (χ1) is 11.5. The predicted molar refractivity (Wildman–Crippen MR) is 94.5 cm³/mol. The minimum absolute atomic E-state index is 0.0947. The van der Waals surface area contributed by atoms with Crippen molar-refractivity contribution in [1.82, 2.24) is 0 Å². The number of aliphatic imine (C=N–C) groups is 2. The molecule has 7 N–H and O–H groups in total. The summed E-state index contributed by atoms with van der Waals surface area (Å²) in [5, 5.41) is 2.78. The van der Waals surface area contributed by atoms with Gasteiger partial charge in [0.2, 0.25) is 5.96 Å². The zero-order chi connectivity index (χ0) is 17.5. The third kappa shape index (κ3) is 4.73. The molecule has 24 heavy (non-hydrogen) atoms. The van der Waals surface area contributed by atoms with Gasteiger partial charge >= 0.3 is 0 Å². The lowest BCUT2D eigenvalue weighted by atomic mass is 10.2. The van der Waals surface area contributed by atoms with Crippen LogP contribution in [0.1, 0.15) is 10.4 Å². The fraction of sp³-hybridized carbons (Fsp3) is 0.0625. The zero-order valence-corrected chi connectivity index (χ0v) is 13.1. The highest BCUT2D eigenvalue weighted by Crippen LogP contribution is 2.18. The normalized spacial score (nSPS) is 10.8. The molecule has 0 aliphatic carbocycles. The third-order valence-electron chi connectivity index (χ3n) is 2.94. The molecule has 0 spiro atoms. The van der Waals surface area contributed by atoms with Gasteiger partial charge in [0, 0.05) is 11.3 Å². The molecule has 0 fully saturated rings. The van der Waals surface area contributed by atoms with E-state index in [-0.39, 0.29) is 17.8 Å². The van der Waals surface area contributed by atoms with E-state index in [0.29, 0.717) is 22.7 Å². The van der Waals surface area contributed by atoms with Gasteiger partial charge in [-0.1, -0.05) is 6.07 Å². The molecule has 2 rings (SSSR count). The maximum absolute atomic E-state index is 12.3. The largest absolute Gasteiger partial charge is 0.497 e. The molecular formula is C16H18N6O2. The molecule has 2 aromatic carbocycles. The number of carbonyl (C=O) groups excluding carboxylic acids is 1. The van der Waals surface area contributed by atoms with E-state index in [0.717, 1.165) is 0 Å². The number of amides is 1. The molecule has 124 valence electrons. The molecule has 0 heterocycles. The Hall–Kier alpha value is -3.55. The highest BCUT2D eigenvalue weighted by Gasteiger charge is 2.07. The average Bonchev–Trinajstić information content (AvgIpc) is 2.55. The van der Waals surface area contributed by atoms with E-state index in [2.05, 4.69) is 15.3 Å². The fourth-order valence-electron chi connectivity index (χ4n) is 1.88. The Labute approximate surface area is 139 Å². The number of guanidine groups is 2. The summed E-state index contributed by atoms with van der Waals surface area (Å²) in [6.07, 6.45) is 0. The van der Waals surface area contributed by atoms with Crippen LogP contribution in [0.4, 0.5) is 11.4 Å². The van der Waals surface area contributed by atoms with Crippen LogP contribution in [0.2, 0.25) is 0 Å². The number of nitrogens with zero attached hydrogens (tertiary/aromatic N) is 2. The number of methoxy groups -OCH3 is 1. The Bertz CT molecular complexity index is 779. The van der Waals surface area contributed by atoms with Crippen molar-refractivity contribution in [3.8, 4) is 5.75 Å². The smallest absolute Gasteiger partial charge is 0.255 e. The maximum atomic E-state index is 12.3. The van der Waals surface area contributed by atoms with Crippen molar-refractivity contribution < 1.29 is 9.53 Å². The van der Waals surface area contributed by atoms with Crippen LogP contribution in [0.25, 0.3) is 0 Å². The van der Waals surface area contributed by atoms with Crippen LogP contribution >= 0.6 is 0 Å². The average molecular weight is 326 g/mol. The van der Waals surface area contributed by atoms with Gasteiger partial charge < -0.3 is 27.3 Å². The predicted octanol–water partition coefficient (Wildman–Crippen LogP) is 1.17. The number of nitrogens with one attached hydrogen (secondary N) is 1. The summed E-state index contributed by atoms with van der Waals surface area (Å²) in [5.41, 5.74) is 17.6. The standard InChI is InChI=1S/C16H18N6O2/c1-24-13-7-5-11(6-8-13)20-14(23)10-3-2-4-12(9-10)21-16(19)22-15(17)18/h2-9H,1H3,(H,20,23)(H6,17,18,19,21,22). The molecule has 1 amide bonds. The van der Waals surface area contributed by atoms with E-state index < -0.39 is 0 Å². The molecule has 8 nitrogen and oxygen atoms in total. The SMILES string of the molecule is COc1ccc(NC(=O)c2cccc(N=C(N)N=C(N)N)c2)cc1. The Morgan fingerprint density at radius 1 is 1.08 bits per heavy atom. The number of carbonyl (C=O) groups is 1. The first-order valence-corrected chi connectivity index (χ1v) is 6.97. The van der Waals surface area contributed by atoms with Crippen LogP contribution in [0.5, 0.6) is 5.75 Å². The quantitative estimate of drug-likeness (QED) is 0.493. The first kappa shape index (κ1) is 16.8. The van der Waals surface area contributed by atoms with Gasteiger partial charge in [-0.15, -0.1) is 0 Å². The summed E-state index contributed by atoms with van der Waals surface area (Å²) in [4.78, 5) is 19.9. The molecule has 0 saturated carbocycles. The fourth-order valence-corrected chi connectivity index (χ4v) is 1.88. The molecular weight excluding hydrogens is 308 g/mol. The van der Waals surface area contributed by atoms with E-state index in [1.807, 2.05) is 0 Å². The highest BCUT2D eigenvalue weighted by atomic mass is 16.5. The van der Waals surface area contributed by atoms with Gasteiger partial charge in [0.25, 0.3) is 5.91 Å². The second-order valence-corrected chi connectivity index (χ2v) is 4.74. The lowest BCUT2D eigenvalue weighted by Crippen LogP contribution is -2.26. The number of ether oxygens (including phenoxy) is 1. The van der Waals surface area contributed by atoms with Crippen molar-refractivity contribution in [1.29, 1.82) is 0 Å². The summed E-state index contributed by atoms with van der Waals surface area (Å²) in [6.45, 7) is 0.